The van der Waals surface area contributed by atoms with Gasteiger partial charge in [-0.1, -0.05) is 90.3 Å². The van der Waals surface area contributed by atoms with Crippen LogP contribution in [-0.4, -0.2) is 50.9 Å². The first-order valence-corrected chi connectivity index (χ1v) is 17.4. The summed E-state index contributed by atoms with van der Waals surface area (Å²) >= 11 is 12.7. The van der Waals surface area contributed by atoms with Gasteiger partial charge in [0.2, 0.25) is 11.8 Å². The van der Waals surface area contributed by atoms with Crippen molar-refractivity contribution in [3.05, 3.63) is 124 Å². The maximum atomic E-state index is 14.7. The van der Waals surface area contributed by atoms with Crippen molar-refractivity contribution in [3.63, 3.8) is 0 Å². The molecule has 4 aromatic rings. The van der Waals surface area contributed by atoms with E-state index in [-0.39, 0.29) is 46.3 Å². The van der Waals surface area contributed by atoms with E-state index in [1.54, 1.807) is 48.5 Å². The number of rotatable bonds is 14. The summed E-state index contributed by atoms with van der Waals surface area (Å²) in [5, 5.41) is 3.74. The van der Waals surface area contributed by atoms with E-state index < -0.39 is 28.5 Å². The van der Waals surface area contributed by atoms with Gasteiger partial charge in [0.05, 0.1) is 17.7 Å². The maximum Gasteiger partial charge on any atom is 0.264 e. The fourth-order valence-corrected chi connectivity index (χ4v) is 6.83. The van der Waals surface area contributed by atoms with Crippen molar-refractivity contribution in [2.24, 2.45) is 0 Å². The Morgan fingerprint density at radius 1 is 0.872 bits per heavy atom. The van der Waals surface area contributed by atoms with Crippen LogP contribution in [0.2, 0.25) is 10.0 Å². The first-order valence-electron chi connectivity index (χ1n) is 15.2. The molecule has 0 saturated carbocycles. The molecule has 2 atom stereocenters. The summed E-state index contributed by atoms with van der Waals surface area (Å²) in [6, 6.07) is 26.1. The minimum atomic E-state index is -4.33. The molecule has 0 saturated heterocycles. The number of hydrogen-bond donors (Lipinski definition) is 1. The Labute approximate surface area is 287 Å². The SMILES string of the molecule is CCC(C)NC(=O)C(Cc1ccccc1)N(Cc1cccc(Cl)c1)C(=O)CN(c1cc(Cl)ccc1OC)S(=O)(=O)c1ccc(C)cc1. The Morgan fingerprint density at radius 3 is 2.17 bits per heavy atom. The Morgan fingerprint density at radius 2 is 1.53 bits per heavy atom. The molecule has 248 valence electrons. The molecule has 2 unspecified atom stereocenters. The van der Waals surface area contributed by atoms with Crippen molar-refractivity contribution in [2.45, 2.75) is 57.1 Å². The number of anilines is 1. The van der Waals surface area contributed by atoms with Gasteiger partial charge >= 0.3 is 0 Å². The van der Waals surface area contributed by atoms with E-state index in [0.717, 1.165) is 15.4 Å². The molecule has 4 aromatic carbocycles. The van der Waals surface area contributed by atoms with Crippen LogP contribution in [0.5, 0.6) is 5.75 Å². The Kier molecular flexibility index (Phi) is 12.3. The number of halogens is 2. The molecule has 0 aromatic heterocycles. The summed E-state index contributed by atoms with van der Waals surface area (Å²) < 4.78 is 35.2. The molecule has 47 heavy (non-hydrogen) atoms. The fraction of sp³-hybridized carbons (Fsp3) is 0.278. The highest BCUT2D eigenvalue weighted by Crippen LogP contribution is 2.35. The topological polar surface area (TPSA) is 96.0 Å². The van der Waals surface area contributed by atoms with Gasteiger partial charge in [0, 0.05) is 29.1 Å². The number of carbonyl (C=O) groups is 2. The third-order valence-corrected chi connectivity index (χ3v) is 10.1. The normalized spacial score (nSPS) is 12.6. The second kappa shape index (κ2) is 16.2. The standard InChI is InChI=1S/C36H39Cl2N3O5S/c1-5-26(3)39-36(43)33(21-27-10-7-6-8-11-27)40(23-28-12-9-13-29(37)20-28)35(42)24-41(32-22-30(38)16-19-34(32)46-4)47(44,45)31-17-14-25(2)15-18-31/h6-20,22,26,33H,5,21,23-24H2,1-4H3,(H,39,43). The summed E-state index contributed by atoms with van der Waals surface area (Å²) in [6.07, 6.45) is 0.879. The minimum Gasteiger partial charge on any atom is -0.495 e. The van der Waals surface area contributed by atoms with Gasteiger partial charge in [0.15, 0.2) is 0 Å². The van der Waals surface area contributed by atoms with Crippen molar-refractivity contribution in [1.82, 2.24) is 10.2 Å². The lowest BCUT2D eigenvalue weighted by Crippen LogP contribution is -2.54. The van der Waals surface area contributed by atoms with Crippen LogP contribution in [0.3, 0.4) is 0 Å². The Balaban J connectivity index is 1.86. The predicted molar refractivity (Wildman–Crippen MR) is 188 cm³/mol. The van der Waals surface area contributed by atoms with E-state index >= 15 is 0 Å². The number of carbonyl (C=O) groups excluding carboxylic acids is 2. The van der Waals surface area contributed by atoms with Crippen LogP contribution in [0.1, 0.15) is 37.0 Å². The lowest BCUT2D eigenvalue weighted by atomic mass is 10.0. The van der Waals surface area contributed by atoms with Crippen molar-refractivity contribution in [2.75, 3.05) is 18.0 Å². The van der Waals surface area contributed by atoms with E-state index in [1.807, 2.05) is 51.1 Å². The molecule has 0 heterocycles. The Bertz CT molecular complexity index is 1790. The molecule has 0 aliphatic heterocycles. The predicted octanol–water partition coefficient (Wildman–Crippen LogP) is 7.06. The van der Waals surface area contributed by atoms with E-state index in [2.05, 4.69) is 5.32 Å². The van der Waals surface area contributed by atoms with Crippen molar-refractivity contribution in [3.8, 4) is 5.75 Å². The number of aryl methyl sites for hydroxylation is 1. The zero-order valence-electron chi connectivity index (χ0n) is 26.8. The van der Waals surface area contributed by atoms with Crippen molar-refractivity contribution in [1.29, 1.82) is 0 Å². The first kappa shape index (κ1) is 35.8. The lowest BCUT2D eigenvalue weighted by molar-refractivity contribution is -0.140. The number of benzene rings is 4. The molecular weight excluding hydrogens is 657 g/mol. The van der Waals surface area contributed by atoms with Gasteiger partial charge in [0.25, 0.3) is 10.0 Å². The number of hydrogen-bond acceptors (Lipinski definition) is 5. The molecule has 0 aliphatic rings. The Hall–Kier alpha value is -4.05. The number of ether oxygens (including phenoxy) is 1. The van der Waals surface area contributed by atoms with E-state index in [4.69, 9.17) is 27.9 Å². The first-order chi connectivity index (χ1) is 22.4. The zero-order valence-corrected chi connectivity index (χ0v) is 29.1. The van der Waals surface area contributed by atoms with Crippen LogP contribution in [0, 0.1) is 6.92 Å². The van der Waals surface area contributed by atoms with Crippen LogP contribution in [-0.2, 0) is 32.6 Å². The molecular formula is C36H39Cl2N3O5S. The van der Waals surface area contributed by atoms with Gasteiger partial charge in [-0.3, -0.25) is 13.9 Å². The lowest BCUT2D eigenvalue weighted by Gasteiger charge is -2.34. The van der Waals surface area contributed by atoms with Crippen LogP contribution in [0.15, 0.2) is 102 Å². The van der Waals surface area contributed by atoms with Crippen LogP contribution >= 0.6 is 23.2 Å². The molecule has 2 amide bonds. The molecule has 0 fully saturated rings. The molecule has 0 bridgehead atoms. The average molecular weight is 697 g/mol. The van der Waals surface area contributed by atoms with Gasteiger partial charge in [0.1, 0.15) is 18.3 Å². The van der Waals surface area contributed by atoms with E-state index in [1.165, 1.54) is 30.2 Å². The highest BCUT2D eigenvalue weighted by molar-refractivity contribution is 7.92. The van der Waals surface area contributed by atoms with E-state index in [9.17, 15) is 18.0 Å². The van der Waals surface area contributed by atoms with Gasteiger partial charge in [-0.05, 0) is 73.9 Å². The molecule has 0 spiro atoms. The van der Waals surface area contributed by atoms with Gasteiger partial charge in [-0.15, -0.1) is 0 Å². The maximum absolute atomic E-state index is 14.7. The molecule has 1 N–H and O–H groups in total. The quantitative estimate of drug-likeness (QED) is 0.152. The van der Waals surface area contributed by atoms with Gasteiger partial charge < -0.3 is 15.0 Å². The van der Waals surface area contributed by atoms with Gasteiger partial charge in [-0.2, -0.15) is 0 Å². The zero-order chi connectivity index (χ0) is 34.1. The summed E-state index contributed by atoms with van der Waals surface area (Å²) in [6.45, 7) is 5.05. The largest absolute Gasteiger partial charge is 0.495 e. The summed E-state index contributed by atoms with van der Waals surface area (Å²) in [4.78, 5) is 30.0. The molecule has 4 rings (SSSR count). The summed E-state index contributed by atoms with van der Waals surface area (Å²) in [5.41, 5.74) is 2.46. The molecule has 11 heteroatoms. The van der Waals surface area contributed by atoms with E-state index in [0.29, 0.717) is 17.0 Å². The number of sulfonamides is 1. The highest BCUT2D eigenvalue weighted by Gasteiger charge is 2.36. The van der Waals surface area contributed by atoms with Crippen LogP contribution in [0.4, 0.5) is 5.69 Å². The van der Waals surface area contributed by atoms with Crippen LogP contribution in [0.25, 0.3) is 0 Å². The second-order valence-electron chi connectivity index (χ2n) is 11.3. The summed E-state index contributed by atoms with van der Waals surface area (Å²) in [7, 11) is -2.92. The average Bonchev–Trinajstić information content (AvgIpc) is 3.05. The number of nitrogens with zero attached hydrogens (tertiary/aromatic N) is 2. The smallest absolute Gasteiger partial charge is 0.264 e. The number of methoxy groups -OCH3 is 1. The van der Waals surface area contributed by atoms with Crippen LogP contribution < -0.4 is 14.4 Å². The van der Waals surface area contributed by atoms with Crippen molar-refractivity contribution >= 4 is 50.7 Å². The molecule has 8 nitrogen and oxygen atoms in total. The second-order valence-corrected chi connectivity index (χ2v) is 14.1. The summed E-state index contributed by atoms with van der Waals surface area (Å²) in [5.74, 6) is -0.760. The fourth-order valence-electron chi connectivity index (χ4n) is 5.04. The molecule has 0 aliphatic carbocycles. The third-order valence-electron chi connectivity index (χ3n) is 7.81. The van der Waals surface area contributed by atoms with Gasteiger partial charge in [-0.25, -0.2) is 8.42 Å². The third kappa shape index (κ3) is 9.28. The molecule has 0 radical (unpaired) electrons. The number of amides is 2. The highest BCUT2D eigenvalue weighted by atomic mass is 35.5. The van der Waals surface area contributed by atoms with Crippen molar-refractivity contribution < 1.29 is 22.7 Å². The minimum absolute atomic E-state index is 0.00405. The monoisotopic (exact) mass is 695 g/mol. The number of nitrogens with one attached hydrogen (secondary N) is 1.